The summed E-state index contributed by atoms with van der Waals surface area (Å²) >= 11 is 6.11. The zero-order valence-corrected chi connectivity index (χ0v) is 16.0. The van der Waals surface area contributed by atoms with Crippen LogP contribution in [0.25, 0.3) is 0 Å². The highest BCUT2D eigenvalue weighted by Gasteiger charge is 2.25. The van der Waals surface area contributed by atoms with Gasteiger partial charge in [-0.3, -0.25) is 14.6 Å². The number of hydrogen-bond acceptors (Lipinski definition) is 3. The summed E-state index contributed by atoms with van der Waals surface area (Å²) in [7, 11) is 0. The molecule has 1 aromatic heterocycles. The van der Waals surface area contributed by atoms with Crippen LogP contribution in [0.15, 0.2) is 48.7 Å². The number of benzene rings is 1. The van der Waals surface area contributed by atoms with Crippen molar-refractivity contribution in [1.29, 1.82) is 0 Å². The third-order valence-electron chi connectivity index (χ3n) is 4.90. The Kier molecular flexibility index (Phi) is 6.82. The van der Waals surface area contributed by atoms with Crippen LogP contribution in [0.3, 0.4) is 0 Å². The lowest BCUT2D eigenvalue weighted by molar-refractivity contribution is -0.121. The van der Waals surface area contributed by atoms with E-state index in [1.807, 2.05) is 35.2 Å². The van der Waals surface area contributed by atoms with Gasteiger partial charge in [0.1, 0.15) is 5.69 Å². The maximum absolute atomic E-state index is 12.5. The van der Waals surface area contributed by atoms with Crippen LogP contribution in [-0.4, -0.2) is 34.8 Å². The van der Waals surface area contributed by atoms with Crippen LogP contribution >= 0.6 is 11.6 Å². The number of aromatic nitrogens is 1. The third kappa shape index (κ3) is 5.54. The van der Waals surface area contributed by atoms with Gasteiger partial charge in [-0.1, -0.05) is 35.9 Å². The molecule has 1 unspecified atom stereocenters. The molecule has 142 valence electrons. The van der Waals surface area contributed by atoms with E-state index in [1.54, 1.807) is 18.3 Å². The molecule has 1 atom stereocenters. The second-order valence-electron chi connectivity index (χ2n) is 6.88. The number of rotatable bonds is 6. The molecule has 0 spiro atoms. The Labute approximate surface area is 164 Å². The molecule has 1 fully saturated rings. The lowest BCUT2D eigenvalue weighted by Gasteiger charge is -2.32. The van der Waals surface area contributed by atoms with E-state index in [0.717, 1.165) is 31.4 Å². The molecule has 0 aliphatic carbocycles. The Morgan fingerprint density at radius 2 is 2.00 bits per heavy atom. The first-order valence-electron chi connectivity index (χ1n) is 9.34. The van der Waals surface area contributed by atoms with Crippen LogP contribution < -0.4 is 5.32 Å². The number of halogens is 1. The van der Waals surface area contributed by atoms with Gasteiger partial charge < -0.3 is 10.2 Å². The van der Waals surface area contributed by atoms with Crippen molar-refractivity contribution in [3.8, 4) is 0 Å². The lowest BCUT2D eigenvalue weighted by Crippen LogP contribution is -2.40. The quantitative estimate of drug-likeness (QED) is 0.824. The van der Waals surface area contributed by atoms with E-state index in [9.17, 15) is 9.59 Å². The number of piperidine rings is 1. The van der Waals surface area contributed by atoms with Crippen molar-refractivity contribution in [2.24, 2.45) is 5.92 Å². The molecular weight excluding hydrogens is 362 g/mol. The SMILES string of the molecule is O=C(CCC1CCCN(C(=O)c2ccccn2)C1)NCc1ccccc1Cl. The molecule has 0 radical (unpaired) electrons. The van der Waals surface area contributed by atoms with Crippen LogP contribution in [0.1, 0.15) is 41.7 Å². The van der Waals surface area contributed by atoms with Crippen molar-refractivity contribution in [1.82, 2.24) is 15.2 Å². The Morgan fingerprint density at radius 3 is 2.78 bits per heavy atom. The normalized spacial score (nSPS) is 16.8. The zero-order chi connectivity index (χ0) is 19.1. The third-order valence-corrected chi connectivity index (χ3v) is 5.27. The van der Waals surface area contributed by atoms with Crippen molar-refractivity contribution in [3.63, 3.8) is 0 Å². The van der Waals surface area contributed by atoms with Gasteiger partial charge >= 0.3 is 0 Å². The summed E-state index contributed by atoms with van der Waals surface area (Å²) < 4.78 is 0. The first kappa shape index (κ1) is 19.4. The Bertz CT molecular complexity index is 782. The number of nitrogens with zero attached hydrogens (tertiary/aromatic N) is 2. The van der Waals surface area contributed by atoms with E-state index in [4.69, 9.17) is 11.6 Å². The van der Waals surface area contributed by atoms with Crippen molar-refractivity contribution in [2.75, 3.05) is 13.1 Å². The molecule has 0 bridgehead atoms. The van der Waals surface area contributed by atoms with Gasteiger partial charge in [-0.05, 0) is 48.9 Å². The molecule has 1 saturated heterocycles. The van der Waals surface area contributed by atoms with Gasteiger partial charge in [-0.15, -0.1) is 0 Å². The van der Waals surface area contributed by atoms with Crippen LogP contribution in [-0.2, 0) is 11.3 Å². The molecule has 1 N–H and O–H groups in total. The van der Waals surface area contributed by atoms with Gasteiger partial charge in [-0.2, -0.15) is 0 Å². The second-order valence-corrected chi connectivity index (χ2v) is 7.29. The summed E-state index contributed by atoms with van der Waals surface area (Å²) in [5.41, 5.74) is 1.40. The molecule has 0 saturated carbocycles. The average molecular weight is 386 g/mol. The fraction of sp³-hybridized carbons (Fsp3) is 0.381. The van der Waals surface area contributed by atoms with Crippen molar-refractivity contribution < 1.29 is 9.59 Å². The minimum atomic E-state index is -0.0246. The van der Waals surface area contributed by atoms with Gasteiger partial charge in [0.05, 0.1) is 0 Å². The summed E-state index contributed by atoms with van der Waals surface area (Å²) in [6, 6.07) is 12.9. The van der Waals surface area contributed by atoms with E-state index in [0.29, 0.717) is 36.1 Å². The van der Waals surface area contributed by atoms with Crippen LogP contribution in [0.2, 0.25) is 5.02 Å². The fourth-order valence-electron chi connectivity index (χ4n) is 3.40. The van der Waals surface area contributed by atoms with Crippen molar-refractivity contribution in [2.45, 2.75) is 32.2 Å². The summed E-state index contributed by atoms with van der Waals surface area (Å²) in [5.74, 6) is 0.337. The van der Waals surface area contributed by atoms with Crippen LogP contribution in [0.5, 0.6) is 0 Å². The number of nitrogens with one attached hydrogen (secondary N) is 1. The summed E-state index contributed by atoms with van der Waals surface area (Å²) in [6.07, 6.45) is 4.88. The average Bonchev–Trinajstić information content (AvgIpc) is 2.72. The molecule has 2 amide bonds. The number of amides is 2. The Morgan fingerprint density at radius 1 is 1.19 bits per heavy atom. The summed E-state index contributed by atoms with van der Waals surface area (Å²) in [4.78, 5) is 30.7. The maximum Gasteiger partial charge on any atom is 0.272 e. The number of pyridine rings is 1. The molecule has 27 heavy (non-hydrogen) atoms. The maximum atomic E-state index is 12.5. The minimum Gasteiger partial charge on any atom is -0.352 e. The molecule has 1 aliphatic rings. The zero-order valence-electron chi connectivity index (χ0n) is 15.2. The van der Waals surface area contributed by atoms with Gasteiger partial charge in [0.15, 0.2) is 0 Å². The summed E-state index contributed by atoms with van der Waals surface area (Å²) in [6.45, 7) is 1.88. The highest BCUT2D eigenvalue weighted by Crippen LogP contribution is 2.22. The number of likely N-dealkylation sites (tertiary alicyclic amines) is 1. The number of hydrogen-bond donors (Lipinski definition) is 1. The van der Waals surface area contributed by atoms with Gasteiger partial charge in [0.25, 0.3) is 5.91 Å². The Balaban J connectivity index is 1.44. The predicted molar refractivity (Wildman–Crippen MR) is 105 cm³/mol. The monoisotopic (exact) mass is 385 g/mol. The van der Waals surface area contributed by atoms with E-state index >= 15 is 0 Å². The second kappa shape index (κ2) is 9.51. The van der Waals surface area contributed by atoms with E-state index in [1.165, 1.54) is 0 Å². The fourth-order valence-corrected chi connectivity index (χ4v) is 3.60. The highest BCUT2D eigenvalue weighted by molar-refractivity contribution is 6.31. The van der Waals surface area contributed by atoms with Crippen LogP contribution in [0, 0.1) is 5.92 Å². The largest absolute Gasteiger partial charge is 0.352 e. The molecular formula is C21H24ClN3O2. The predicted octanol–water partition coefficient (Wildman–Crippen LogP) is 3.68. The summed E-state index contributed by atoms with van der Waals surface area (Å²) in [5, 5.41) is 3.59. The van der Waals surface area contributed by atoms with E-state index in [-0.39, 0.29) is 11.8 Å². The van der Waals surface area contributed by atoms with Crippen molar-refractivity contribution in [3.05, 3.63) is 64.9 Å². The number of carbonyl (C=O) groups is 2. The topological polar surface area (TPSA) is 62.3 Å². The molecule has 6 heteroatoms. The Hall–Kier alpha value is -2.40. The van der Waals surface area contributed by atoms with Gasteiger partial charge in [0.2, 0.25) is 5.91 Å². The number of carbonyl (C=O) groups excluding carboxylic acids is 2. The van der Waals surface area contributed by atoms with Gasteiger partial charge in [0, 0.05) is 37.3 Å². The molecule has 5 nitrogen and oxygen atoms in total. The molecule has 1 aliphatic heterocycles. The van der Waals surface area contributed by atoms with Gasteiger partial charge in [-0.25, -0.2) is 0 Å². The van der Waals surface area contributed by atoms with Crippen molar-refractivity contribution >= 4 is 23.4 Å². The first-order chi connectivity index (χ1) is 13.1. The van der Waals surface area contributed by atoms with Crippen LogP contribution in [0.4, 0.5) is 0 Å². The van der Waals surface area contributed by atoms with E-state index < -0.39 is 0 Å². The standard InChI is InChI=1S/C21H24ClN3O2/c22-18-8-2-1-7-17(18)14-24-20(26)11-10-16-6-5-13-25(15-16)21(27)19-9-3-4-12-23-19/h1-4,7-9,12,16H,5-6,10-11,13-15H2,(H,24,26). The molecule has 2 heterocycles. The minimum absolute atomic E-state index is 0.0168. The smallest absolute Gasteiger partial charge is 0.272 e. The lowest BCUT2D eigenvalue weighted by atomic mass is 9.93. The molecule has 3 rings (SSSR count). The molecule has 1 aromatic carbocycles. The van der Waals surface area contributed by atoms with E-state index in [2.05, 4.69) is 10.3 Å². The first-order valence-corrected chi connectivity index (χ1v) is 9.71. The molecule has 2 aromatic rings. The highest BCUT2D eigenvalue weighted by atomic mass is 35.5.